The number of sulfonamides is 1. The minimum absolute atomic E-state index is 0.296. The second kappa shape index (κ2) is 7.19. The smallest absolute Gasteiger partial charge is 0.244 e. The molecule has 1 saturated heterocycles. The number of methoxy groups -OCH3 is 1. The second-order valence-corrected chi connectivity index (χ2v) is 8.37. The Bertz CT molecular complexity index is 567. The zero-order valence-corrected chi connectivity index (χ0v) is 14.5. The number of rotatable bonds is 6. The SMILES string of the molecule is CNCc1scc(C)c1S(=O)(=O)N1CCCC(COC)C1. The highest BCUT2D eigenvalue weighted by Crippen LogP contribution is 2.31. The Balaban J connectivity index is 2.27. The van der Waals surface area contributed by atoms with Crippen molar-refractivity contribution in [2.24, 2.45) is 5.92 Å². The topological polar surface area (TPSA) is 58.6 Å². The van der Waals surface area contributed by atoms with Crippen molar-refractivity contribution < 1.29 is 13.2 Å². The van der Waals surface area contributed by atoms with Gasteiger partial charge in [-0.1, -0.05) is 0 Å². The van der Waals surface area contributed by atoms with E-state index in [1.54, 1.807) is 11.4 Å². The number of hydrogen-bond acceptors (Lipinski definition) is 5. The molecule has 1 fully saturated rings. The van der Waals surface area contributed by atoms with E-state index in [1.165, 1.54) is 11.3 Å². The first-order chi connectivity index (χ1) is 10.0. The van der Waals surface area contributed by atoms with Crippen LogP contribution in [0.5, 0.6) is 0 Å². The molecule has 0 saturated carbocycles. The van der Waals surface area contributed by atoms with Crippen LogP contribution in [0.15, 0.2) is 10.3 Å². The van der Waals surface area contributed by atoms with Gasteiger partial charge >= 0.3 is 0 Å². The number of nitrogens with zero attached hydrogens (tertiary/aromatic N) is 1. The lowest BCUT2D eigenvalue weighted by Crippen LogP contribution is -2.41. The first kappa shape index (κ1) is 16.9. The minimum atomic E-state index is -3.41. The van der Waals surface area contributed by atoms with Crippen molar-refractivity contribution in [3.8, 4) is 0 Å². The fourth-order valence-electron chi connectivity index (χ4n) is 2.86. The molecule has 120 valence electrons. The van der Waals surface area contributed by atoms with Gasteiger partial charge in [0.25, 0.3) is 0 Å². The Morgan fingerprint density at radius 2 is 2.29 bits per heavy atom. The van der Waals surface area contributed by atoms with Crippen LogP contribution >= 0.6 is 11.3 Å². The Kier molecular flexibility index (Phi) is 5.79. The van der Waals surface area contributed by atoms with Gasteiger partial charge in [-0.05, 0) is 43.7 Å². The van der Waals surface area contributed by atoms with Gasteiger partial charge in [-0.15, -0.1) is 11.3 Å². The summed E-state index contributed by atoms with van der Waals surface area (Å²) < 4.78 is 32.8. The van der Waals surface area contributed by atoms with Crippen molar-refractivity contribution in [2.45, 2.75) is 31.2 Å². The summed E-state index contributed by atoms with van der Waals surface area (Å²) in [5.41, 5.74) is 0.846. The fraction of sp³-hybridized carbons (Fsp3) is 0.714. The highest BCUT2D eigenvalue weighted by atomic mass is 32.2. The summed E-state index contributed by atoms with van der Waals surface area (Å²) in [4.78, 5) is 1.39. The van der Waals surface area contributed by atoms with E-state index in [4.69, 9.17) is 4.74 Å². The Morgan fingerprint density at radius 3 is 2.95 bits per heavy atom. The third kappa shape index (κ3) is 3.65. The minimum Gasteiger partial charge on any atom is -0.384 e. The average Bonchev–Trinajstić information content (AvgIpc) is 2.82. The van der Waals surface area contributed by atoms with Gasteiger partial charge < -0.3 is 10.1 Å². The van der Waals surface area contributed by atoms with Crippen LogP contribution in [0, 0.1) is 12.8 Å². The first-order valence-electron chi connectivity index (χ1n) is 7.21. The van der Waals surface area contributed by atoms with Crippen LogP contribution in [0.1, 0.15) is 23.3 Å². The highest BCUT2D eigenvalue weighted by Gasteiger charge is 2.33. The van der Waals surface area contributed by atoms with E-state index < -0.39 is 10.0 Å². The molecule has 1 aliphatic rings. The number of piperidine rings is 1. The predicted molar refractivity (Wildman–Crippen MR) is 85.2 cm³/mol. The van der Waals surface area contributed by atoms with Crippen molar-refractivity contribution in [1.82, 2.24) is 9.62 Å². The van der Waals surface area contributed by atoms with Crippen LogP contribution in [0.4, 0.5) is 0 Å². The number of hydrogen-bond donors (Lipinski definition) is 1. The summed E-state index contributed by atoms with van der Waals surface area (Å²) in [6.07, 6.45) is 1.93. The molecule has 2 heterocycles. The van der Waals surface area contributed by atoms with Gasteiger partial charge in [0.05, 0.1) is 6.61 Å². The quantitative estimate of drug-likeness (QED) is 0.863. The Labute approximate surface area is 131 Å². The normalized spacial score (nSPS) is 20.8. The molecule has 0 aliphatic carbocycles. The van der Waals surface area contributed by atoms with E-state index in [-0.39, 0.29) is 0 Å². The van der Waals surface area contributed by atoms with Gasteiger partial charge in [-0.25, -0.2) is 8.42 Å². The monoisotopic (exact) mass is 332 g/mol. The zero-order chi connectivity index (χ0) is 15.5. The maximum Gasteiger partial charge on any atom is 0.244 e. The van der Waals surface area contributed by atoms with E-state index in [0.29, 0.717) is 37.1 Å². The lowest BCUT2D eigenvalue weighted by molar-refractivity contribution is 0.118. The van der Waals surface area contributed by atoms with Gasteiger partial charge in [0, 0.05) is 31.6 Å². The zero-order valence-electron chi connectivity index (χ0n) is 12.9. The molecule has 1 aromatic heterocycles. The second-order valence-electron chi connectivity index (χ2n) is 5.53. The maximum atomic E-state index is 13.0. The van der Waals surface area contributed by atoms with Gasteiger partial charge in [0.15, 0.2) is 0 Å². The van der Waals surface area contributed by atoms with E-state index >= 15 is 0 Å². The molecule has 21 heavy (non-hydrogen) atoms. The molecule has 0 amide bonds. The molecular formula is C14H24N2O3S2. The summed E-state index contributed by atoms with van der Waals surface area (Å²) in [7, 11) is 0.0972. The third-order valence-corrected chi connectivity index (χ3v) is 7.14. The van der Waals surface area contributed by atoms with E-state index in [2.05, 4.69) is 5.32 Å². The van der Waals surface area contributed by atoms with Gasteiger partial charge in [-0.2, -0.15) is 4.31 Å². The largest absolute Gasteiger partial charge is 0.384 e. The maximum absolute atomic E-state index is 13.0. The molecule has 1 atom stereocenters. The standard InChI is InChI=1S/C14H24N2O3S2/c1-11-10-20-13(7-15-2)14(11)21(17,18)16-6-4-5-12(8-16)9-19-3/h10,12,15H,4-9H2,1-3H3. The molecular weight excluding hydrogens is 308 g/mol. The van der Waals surface area contributed by atoms with Crippen molar-refractivity contribution in [3.05, 3.63) is 15.8 Å². The van der Waals surface area contributed by atoms with Crippen molar-refractivity contribution in [2.75, 3.05) is 33.9 Å². The van der Waals surface area contributed by atoms with Crippen LogP contribution in [0.3, 0.4) is 0 Å². The van der Waals surface area contributed by atoms with Crippen LogP contribution < -0.4 is 5.32 Å². The lowest BCUT2D eigenvalue weighted by atomic mass is 10.0. The summed E-state index contributed by atoms with van der Waals surface area (Å²) in [6, 6.07) is 0. The summed E-state index contributed by atoms with van der Waals surface area (Å²) >= 11 is 1.51. The van der Waals surface area contributed by atoms with Crippen LogP contribution in [-0.2, 0) is 21.3 Å². The van der Waals surface area contributed by atoms with E-state index in [0.717, 1.165) is 23.3 Å². The molecule has 0 bridgehead atoms. The number of aryl methyl sites for hydroxylation is 1. The Morgan fingerprint density at radius 1 is 1.52 bits per heavy atom. The molecule has 1 aromatic rings. The Hall–Kier alpha value is -0.470. The molecule has 5 nitrogen and oxygen atoms in total. The number of ether oxygens (including phenoxy) is 1. The molecule has 0 aromatic carbocycles. The number of thiophene rings is 1. The molecule has 1 N–H and O–H groups in total. The van der Waals surface area contributed by atoms with Crippen LogP contribution in [0.2, 0.25) is 0 Å². The molecule has 0 radical (unpaired) electrons. The number of nitrogens with one attached hydrogen (secondary N) is 1. The van der Waals surface area contributed by atoms with Crippen LogP contribution in [-0.4, -0.2) is 46.6 Å². The van der Waals surface area contributed by atoms with Gasteiger partial charge in [-0.3, -0.25) is 0 Å². The molecule has 7 heteroatoms. The predicted octanol–water partition coefficient (Wildman–Crippen LogP) is 1.82. The van der Waals surface area contributed by atoms with Gasteiger partial charge in [0.1, 0.15) is 4.90 Å². The molecule has 2 rings (SSSR count). The first-order valence-corrected chi connectivity index (χ1v) is 9.53. The highest BCUT2D eigenvalue weighted by molar-refractivity contribution is 7.89. The fourth-order valence-corrected chi connectivity index (χ4v) is 6.19. The molecule has 1 unspecified atom stereocenters. The molecule has 0 spiro atoms. The van der Waals surface area contributed by atoms with E-state index in [9.17, 15) is 8.42 Å². The third-order valence-electron chi connectivity index (χ3n) is 3.81. The average molecular weight is 332 g/mol. The lowest BCUT2D eigenvalue weighted by Gasteiger charge is -2.31. The van der Waals surface area contributed by atoms with Gasteiger partial charge in [0.2, 0.25) is 10.0 Å². The summed E-state index contributed by atoms with van der Waals surface area (Å²) in [5.74, 6) is 0.296. The summed E-state index contributed by atoms with van der Waals surface area (Å²) in [6.45, 7) is 4.25. The van der Waals surface area contributed by atoms with Crippen molar-refractivity contribution >= 4 is 21.4 Å². The summed E-state index contributed by atoms with van der Waals surface area (Å²) in [5, 5.41) is 4.98. The molecule has 1 aliphatic heterocycles. The van der Waals surface area contributed by atoms with Crippen molar-refractivity contribution in [1.29, 1.82) is 0 Å². The van der Waals surface area contributed by atoms with E-state index in [1.807, 2.05) is 19.4 Å². The van der Waals surface area contributed by atoms with Crippen LogP contribution in [0.25, 0.3) is 0 Å². The van der Waals surface area contributed by atoms with Crippen molar-refractivity contribution in [3.63, 3.8) is 0 Å².